The predicted octanol–water partition coefficient (Wildman–Crippen LogP) is 3.52. The summed E-state index contributed by atoms with van der Waals surface area (Å²) in [4.78, 5) is 29.8. The van der Waals surface area contributed by atoms with Gasteiger partial charge in [-0.05, 0) is 42.5 Å². The van der Waals surface area contributed by atoms with Crippen LogP contribution in [0.3, 0.4) is 0 Å². The summed E-state index contributed by atoms with van der Waals surface area (Å²) in [6.45, 7) is 4.38. The molecule has 3 aromatic rings. The second kappa shape index (κ2) is 9.25. The number of hydrogen-bond donors (Lipinski definition) is 1. The second-order valence-corrected chi connectivity index (χ2v) is 8.29. The number of carbonyl (C=O) groups is 1. The lowest BCUT2D eigenvalue weighted by atomic mass is 10.2. The summed E-state index contributed by atoms with van der Waals surface area (Å²) < 4.78 is 7.46. The average Bonchev–Trinajstić information content (AvgIpc) is 3.18. The van der Waals surface area contributed by atoms with E-state index in [0.29, 0.717) is 21.9 Å². The normalized spacial score (nSPS) is 12.1. The van der Waals surface area contributed by atoms with E-state index < -0.39 is 0 Å². The van der Waals surface area contributed by atoms with Crippen LogP contribution in [0.4, 0.5) is 0 Å². The van der Waals surface area contributed by atoms with Gasteiger partial charge in [-0.25, -0.2) is 4.98 Å². The van der Waals surface area contributed by atoms with E-state index >= 15 is 0 Å². The molecule has 1 unspecified atom stereocenters. The van der Waals surface area contributed by atoms with Crippen LogP contribution in [0.2, 0.25) is 0 Å². The summed E-state index contributed by atoms with van der Waals surface area (Å²) in [6.07, 6.45) is 0.873. The zero-order valence-corrected chi connectivity index (χ0v) is 17.7. The molecule has 2 heterocycles. The Bertz CT molecular complexity index is 1010. The van der Waals surface area contributed by atoms with E-state index in [-0.39, 0.29) is 23.3 Å². The van der Waals surface area contributed by atoms with E-state index in [0.717, 1.165) is 17.7 Å². The largest absolute Gasteiger partial charge is 0.497 e. The lowest BCUT2D eigenvalue weighted by Crippen LogP contribution is -2.33. The number of rotatable bonds is 8. The van der Waals surface area contributed by atoms with Gasteiger partial charge in [-0.3, -0.25) is 14.2 Å². The monoisotopic (exact) mass is 417 g/mol. The minimum atomic E-state index is -0.0827. The molecule has 0 bridgehead atoms. The molecule has 28 heavy (non-hydrogen) atoms. The van der Waals surface area contributed by atoms with E-state index in [4.69, 9.17) is 4.74 Å². The van der Waals surface area contributed by atoms with E-state index in [1.165, 1.54) is 23.1 Å². The highest BCUT2D eigenvalue weighted by atomic mass is 32.2. The Labute approximate surface area is 171 Å². The third kappa shape index (κ3) is 4.74. The molecule has 3 rings (SSSR count). The number of nitrogens with zero attached hydrogens (tertiary/aromatic N) is 2. The molecule has 0 spiro atoms. The summed E-state index contributed by atoms with van der Waals surface area (Å²) >= 11 is 2.67. The molecule has 6 nitrogen and oxygen atoms in total. The van der Waals surface area contributed by atoms with Crippen molar-refractivity contribution in [1.29, 1.82) is 0 Å². The van der Waals surface area contributed by atoms with Gasteiger partial charge < -0.3 is 10.1 Å². The highest BCUT2D eigenvalue weighted by molar-refractivity contribution is 7.99. The first-order valence-corrected chi connectivity index (χ1v) is 10.9. The Balaban J connectivity index is 1.88. The van der Waals surface area contributed by atoms with Gasteiger partial charge in [0.25, 0.3) is 5.56 Å². The Morgan fingerprint density at radius 3 is 2.75 bits per heavy atom. The molecule has 0 saturated carbocycles. The number of hydrogen-bond acceptors (Lipinski definition) is 6. The number of ether oxygens (including phenoxy) is 1. The number of carbonyl (C=O) groups excluding carboxylic acids is 1. The molecule has 2 aromatic heterocycles. The molecule has 0 aliphatic carbocycles. The molecule has 0 radical (unpaired) electrons. The first kappa shape index (κ1) is 20.4. The van der Waals surface area contributed by atoms with Crippen LogP contribution < -0.4 is 15.6 Å². The third-order valence-corrected chi connectivity index (χ3v) is 6.25. The Morgan fingerprint density at radius 1 is 1.32 bits per heavy atom. The Hall–Kier alpha value is -2.32. The predicted molar refractivity (Wildman–Crippen MR) is 115 cm³/mol. The first-order valence-electron chi connectivity index (χ1n) is 9.05. The van der Waals surface area contributed by atoms with Crippen LogP contribution in [0.1, 0.15) is 25.8 Å². The lowest BCUT2D eigenvalue weighted by molar-refractivity contribution is -0.119. The van der Waals surface area contributed by atoms with Crippen molar-refractivity contribution in [3.05, 3.63) is 51.6 Å². The van der Waals surface area contributed by atoms with Crippen molar-refractivity contribution in [1.82, 2.24) is 14.9 Å². The van der Waals surface area contributed by atoms with Crippen molar-refractivity contribution in [2.75, 3.05) is 12.9 Å². The first-order chi connectivity index (χ1) is 13.5. The Kier molecular flexibility index (Phi) is 6.74. The number of methoxy groups -OCH3 is 1. The number of fused-ring (bicyclic) bond motifs is 1. The van der Waals surface area contributed by atoms with Crippen molar-refractivity contribution in [3.8, 4) is 5.75 Å². The van der Waals surface area contributed by atoms with Crippen molar-refractivity contribution in [2.24, 2.45) is 0 Å². The van der Waals surface area contributed by atoms with Gasteiger partial charge in [-0.1, -0.05) is 30.8 Å². The molecule has 1 atom stereocenters. The van der Waals surface area contributed by atoms with Gasteiger partial charge in [0.1, 0.15) is 10.4 Å². The maximum Gasteiger partial charge on any atom is 0.272 e. The van der Waals surface area contributed by atoms with E-state index in [1.54, 1.807) is 11.7 Å². The zero-order chi connectivity index (χ0) is 20.1. The number of thiophene rings is 1. The van der Waals surface area contributed by atoms with Crippen molar-refractivity contribution in [3.63, 3.8) is 0 Å². The molecular weight excluding hydrogens is 394 g/mol. The highest BCUT2D eigenvalue weighted by Gasteiger charge is 2.15. The smallest absolute Gasteiger partial charge is 0.272 e. The van der Waals surface area contributed by atoms with Crippen molar-refractivity contribution < 1.29 is 9.53 Å². The van der Waals surface area contributed by atoms with Crippen molar-refractivity contribution >= 4 is 39.2 Å². The van der Waals surface area contributed by atoms with Crippen molar-refractivity contribution in [2.45, 2.75) is 38.0 Å². The summed E-state index contributed by atoms with van der Waals surface area (Å²) in [5.41, 5.74) is 1.55. The van der Waals surface area contributed by atoms with Gasteiger partial charge >= 0.3 is 0 Å². The average molecular weight is 418 g/mol. The third-order valence-electron chi connectivity index (χ3n) is 4.38. The fourth-order valence-corrected chi connectivity index (χ4v) is 4.22. The molecule has 1 aromatic carbocycles. The van der Waals surface area contributed by atoms with Gasteiger partial charge in [0.05, 0.1) is 24.9 Å². The molecule has 8 heteroatoms. The zero-order valence-electron chi connectivity index (χ0n) is 16.1. The van der Waals surface area contributed by atoms with Crippen LogP contribution in [0.25, 0.3) is 10.2 Å². The highest BCUT2D eigenvalue weighted by Crippen LogP contribution is 2.22. The molecule has 0 fully saturated rings. The van der Waals surface area contributed by atoms with Gasteiger partial charge in [-0.2, -0.15) is 0 Å². The molecular formula is C20H23N3O3S2. The van der Waals surface area contributed by atoms with Crippen LogP contribution in [0.5, 0.6) is 5.75 Å². The van der Waals surface area contributed by atoms with Crippen LogP contribution in [0, 0.1) is 0 Å². The van der Waals surface area contributed by atoms with Gasteiger partial charge in [0.15, 0.2) is 5.16 Å². The number of amides is 1. The minimum Gasteiger partial charge on any atom is -0.497 e. The van der Waals surface area contributed by atoms with Crippen LogP contribution in [-0.2, 0) is 11.3 Å². The van der Waals surface area contributed by atoms with E-state index in [2.05, 4.69) is 10.3 Å². The van der Waals surface area contributed by atoms with Gasteiger partial charge in [0, 0.05) is 6.04 Å². The Morgan fingerprint density at radius 2 is 2.07 bits per heavy atom. The minimum absolute atomic E-state index is 0.0602. The summed E-state index contributed by atoms with van der Waals surface area (Å²) in [5.74, 6) is 0.920. The van der Waals surface area contributed by atoms with Crippen LogP contribution in [-0.4, -0.2) is 34.4 Å². The fourth-order valence-electron chi connectivity index (χ4n) is 2.64. The number of nitrogens with one attached hydrogen (secondary N) is 1. The maximum absolute atomic E-state index is 13.0. The summed E-state index contributed by atoms with van der Waals surface area (Å²) in [5, 5.41) is 5.35. The number of aromatic nitrogens is 2. The quantitative estimate of drug-likeness (QED) is 0.448. The molecule has 0 aliphatic heterocycles. The topological polar surface area (TPSA) is 73.2 Å². The maximum atomic E-state index is 13.0. The lowest BCUT2D eigenvalue weighted by Gasteiger charge is -2.14. The van der Waals surface area contributed by atoms with Gasteiger partial charge in [0.2, 0.25) is 5.91 Å². The SMILES string of the molecule is CCC(C)NC(=O)CSc1nc2ccsc2c(=O)n1Cc1ccc(OC)cc1. The standard InChI is InChI=1S/C20H23N3O3S2/c1-4-13(2)21-17(24)12-28-20-22-16-9-10-27-18(16)19(25)23(20)11-14-5-7-15(26-3)8-6-14/h5-10,13H,4,11-12H2,1-3H3,(H,21,24). The molecule has 1 N–H and O–H groups in total. The molecule has 1 amide bonds. The molecule has 0 saturated heterocycles. The van der Waals surface area contributed by atoms with E-state index in [9.17, 15) is 9.59 Å². The second-order valence-electron chi connectivity index (χ2n) is 6.43. The van der Waals surface area contributed by atoms with Crippen LogP contribution in [0.15, 0.2) is 45.7 Å². The summed E-state index contributed by atoms with van der Waals surface area (Å²) in [6, 6.07) is 9.54. The molecule has 148 valence electrons. The van der Waals surface area contributed by atoms with Crippen LogP contribution >= 0.6 is 23.1 Å². The number of thioether (sulfide) groups is 1. The summed E-state index contributed by atoms with van der Waals surface area (Å²) in [7, 11) is 1.62. The fraction of sp³-hybridized carbons (Fsp3) is 0.350. The number of benzene rings is 1. The molecule has 0 aliphatic rings. The van der Waals surface area contributed by atoms with E-state index in [1.807, 2.05) is 49.6 Å². The van der Waals surface area contributed by atoms with Gasteiger partial charge in [-0.15, -0.1) is 11.3 Å².